The van der Waals surface area contributed by atoms with Crippen molar-refractivity contribution < 1.29 is 17.6 Å². The van der Waals surface area contributed by atoms with Gasteiger partial charge in [0.2, 0.25) is 5.95 Å². The molecule has 0 saturated carbocycles. The molecule has 1 N–H and O–H groups in total. The summed E-state index contributed by atoms with van der Waals surface area (Å²) in [5, 5.41) is 3.11. The van der Waals surface area contributed by atoms with E-state index in [9.17, 15) is 13.2 Å². The maximum absolute atomic E-state index is 12.8. The molecule has 21 heavy (non-hydrogen) atoms. The fourth-order valence-electron chi connectivity index (χ4n) is 1.41. The Hall–Kier alpha value is -1.77. The molecule has 0 spiro atoms. The molecular formula is C12H13F3N4OS. The van der Waals surface area contributed by atoms with Crippen LogP contribution in [0.2, 0.25) is 0 Å². The molecule has 2 rings (SSSR count). The van der Waals surface area contributed by atoms with Crippen LogP contribution < -0.4 is 5.32 Å². The van der Waals surface area contributed by atoms with Crippen LogP contribution in [0.5, 0.6) is 0 Å². The summed E-state index contributed by atoms with van der Waals surface area (Å²) in [5.74, 6) is -0.0579. The van der Waals surface area contributed by atoms with E-state index in [1.54, 1.807) is 6.92 Å². The van der Waals surface area contributed by atoms with Crippen molar-refractivity contribution in [2.24, 2.45) is 0 Å². The number of oxazole rings is 1. The number of nitrogens with zero attached hydrogens (tertiary/aromatic N) is 3. The van der Waals surface area contributed by atoms with Gasteiger partial charge in [-0.15, -0.1) is 0 Å². The lowest BCUT2D eigenvalue weighted by Gasteiger charge is -2.10. The van der Waals surface area contributed by atoms with Crippen molar-refractivity contribution in [3.8, 4) is 0 Å². The molecule has 2 aromatic rings. The Bertz CT molecular complexity index is 615. The largest absolute Gasteiger partial charge is 0.439 e. The summed E-state index contributed by atoms with van der Waals surface area (Å²) in [6.45, 7) is 4.11. The van der Waals surface area contributed by atoms with Crippen LogP contribution in [0, 0.1) is 6.92 Å². The molecule has 0 unspecified atom stereocenters. The first-order chi connectivity index (χ1) is 9.88. The summed E-state index contributed by atoms with van der Waals surface area (Å²) in [5.41, 5.74) is -0.353. The quantitative estimate of drug-likeness (QED) is 0.847. The summed E-state index contributed by atoms with van der Waals surface area (Å²) in [4.78, 5) is 11.5. The van der Waals surface area contributed by atoms with Crippen molar-refractivity contribution in [1.29, 1.82) is 0 Å². The van der Waals surface area contributed by atoms with Gasteiger partial charge in [-0.2, -0.15) is 13.2 Å². The Morgan fingerprint density at radius 2 is 2.05 bits per heavy atom. The maximum Gasteiger partial charge on any atom is 0.433 e. The van der Waals surface area contributed by atoms with Crippen molar-refractivity contribution in [2.75, 3.05) is 11.9 Å². The zero-order chi connectivity index (χ0) is 15.5. The van der Waals surface area contributed by atoms with Crippen LogP contribution >= 0.6 is 11.8 Å². The molecule has 0 aromatic carbocycles. The molecule has 5 nitrogen and oxygen atoms in total. The van der Waals surface area contributed by atoms with Gasteiger partial charge in [0.15, 0.2) is 5.69 Å². The number of alkyl halides is 3. The SMILES string of the molecule is CCCNc1nc(Sc2nc(C)co2)cc(C(F)(F)F)n1. The highest BCUT2D eigenvalue weighted by atomic mass is 32.2. The first kappa shape index (κ1) is 15.6. The smallest absolute Gasteiger partial charge is 0.433 e. The Balaban J connectivity index is 2.30. The molecule has 0 amide bonds. The highest BCUT2D eigenvalue weighted by Gasteiger charge is 2.34. The molecule has 2 heterocycles. The number of aromatic nitrogens is 3. The number of rotatable bonds is 5. The molecule has 0 saturated heterocycles. The minimum absolute atomic E-state index is 0.0579. The summed E-state index contributed by atoms with van der Waals surface area (Å²) >= 11 is 0.917. The predicted octanol–water partition coefficient (Wildman–Crippen LogP) is 3.76. The zero-order valence-electron chi connectivity index (χ0n) is 11.4. The van der Waals surface area contributed by atoms with E-state index in [1.807, 2.05) is 6.92 Å². The molecule has 0 fully saturated rings. The Morgan fingerprint density at radius 3 is 2.62 bits per heavy atom. The van der Waals surface area contributed by atoms with Gasteiger partial charge in [0.25, 0.3) is 5.22 Å². The van der Waals surface area contributed by atoms with Gasteiger partial charge in [-0.3, -0.25) is 0 Å². The van der Waals surface area contributed by atoms with E-state index in [0.717, 1.165) is 24.2 Å². The number of hydrogen-bond donors (Lipinski definition) is 1. The Labute approximate surface area is 123 Å². The predicted molar refractivity (Wildman–Crippen MR) is 71.2 cm³/mol. The van der Waals surface area contributed by atoms with Crippen LogP contribution in [-0.4, -0.2) is 21.5 Å². The fraction of sp³-hybridized carbons (Fsp3) is 0.417. The summed E-state index contributed by atoms with van der Waals surface area (Å²) in [6, 6.07) is 0.876. The van der Waals surface area contributed by atoms with Crippen molar-refractivity contribution in [3.63, 3.8) is 0 Å². The van der Waals surface area contributed by atoms with Gasteiger partial charge in [0, 0.05) is 12.6 Å². The number of halogens is 3. The zero-order valence-corrected chi connectivity index (χ0v) is 12.2. The van der Waals surface area contributed by atoms with Gasteiger partial charge in [-0.25, -0.2) is 15.0 Å². The fourth-order valence-corrected chi connectivity index (χ4v) is 2.17. The van der Waals surface area contributed by atoms with Gasteiger partial charge in [-0.1, -0.05) is 6.92 Å². The van der Waals surface area contributed by atoms with Gasteiger partial charge >= 0.3 is 6.18 Å². The van der Waals surface area contributed by atoms with E-state index >= 15 is 0 Å². The molecule has 0 radical (unpaired) electrons. The minimum Gasteiger partial charge on any atom is -0.439 e. The number of hydrogen-bond acceptors (Lipinski definition) is 6. The third kappa shape index (κ3) is 4.35. The topological polar surface area (TPSA) is 63.8 Å². The van der Waals surface area contributed by atoms with Crippen LogP contribution in [-0.2, 0) is 6.18 Å². The molecule has 0 aliphatic rings. The third-order valence-corrected chi connectivity index (χ3v) is 3.10. The lowest BCUT2D eigenvalue weighted by Crippen LogP contribution is -2.13. The van der Waals surface area contributed by atoms with Crippen LogP contribution in [0.4, 0.5) is 19.1 Å². The second-order valence-electron chi connectivity index (χ2n) is 4.20. The second-order valence-corrected chi connectivity index (χ2v) is 5.17. The van der Waals surface area contributed by atoms with Crippen molar-refractivity contribution in [2.45, 2.75) is 36.7 Å². The Kier molecular flexibility index (Phi) is 4.71. The standard InChI is InChI=1S/C12H13F3N4OS/c1-3-4-16-10-18-8(12(13,14)15)5-9(19-10)21-11-17-7(2)6-20-11/h5-6H,3-4H2,1-2H3,(H,16,18,19). The van der Waals surface area contributed by atoms with E-state index in [0.29, 0.717) is 12.2 Å². The van der Waals surface area contributed by atoms with E-state index < -0.39 is 11.9 Å². The number of anilines is 1. The lowest BCUT2D eigenvalue weighted by atomic mass is 10.4. The molecule has 0 aliphatic heterocycles. The van der Waals surface area contributed by atoms with Crippen molar-refractivity contribution in [3.05, 3.63) is 23.7 Å². The summed E-state index contributed by atoms with van der Waals surface area (Å²) in [7, 11) is 0. The highest BCUT2D eigenvalue weighted by molar-refractivity contribution is 7.99. The first-order valence-corrected chi connectivity index (χ1v) is 7.00. The van der Waals surface area contributed by atoms with Crippen LogP contribution in [0.3, 0.4) is 0 Å². The number of nitrogens with one attached hydrogen (secondary N) is 1. The van der Waals surface area contributed by atoms with Crippen LogP contribution in [0.1, 0.15) is 24.7 Å². The van der Waals surface area contributed by atoms with Crippen LogP contribution in [0.25, 0.3) is 0 Å². The summed E-state index contributed by atoms with van der Waals surface area (Å²) < 4.78 is 43.6. The second kappa shape index (κ2) is 6.33. The normalized spacial score (nSPS) is 11.7. The van der Waals surface area contributed by atoms with Crippen LogP contribution in [0.15, 0.2) is 27.0 Å². The summed E-state index contributed by atoms with van der Waals surface area (Å²) in [6.07, 6.45) is -2.36. The first-order valence-electron chi connectivity index (χ1n) is 6.18. The van der Waals surface area contributed by atoms with Crippen molar-refractivity contribution >= 4 is 17.7 Å². The van der Waals surface area contributed by atoms with E-state index in [-0.39, 0.29) is 16.2 Å². The molecule has 0 atom stereocenters. The minimum atomic E-state index is -4.53. The molecule has 2 aromatic heterocycles. The van der Waals surface area contributed by atoms with Gasteiger partial charge in [-0.05, 0) is 25.1 Å². The van der Waals surface area contributed by atoms with E-state index in [2.05, 4.69) is 20.3 Å². The molecule has 0 bridgehead atoms. The third-order valence-electron chi connectivity index (χ3n) is 2.32. The monoisotopic (exact) mass is 318 g/mol. The molecule has 0 aliphatic carbocycles. The highest BCUT2D eigenvalue weighted by Crippen LogP contribution is 2.33. The van der Waals surface area contributed by atoms with Crippen molar-refractivity contribution in [1.82, 2.24) is 15.0 Å². The Morgan fingerprint density at radius 1 is 1.29 bits per heavy atom. The molecular weight excluding hydrogens is 305 g/mol. The average molecular weight is 318 g/mol. The average Bonchev–Trinajstić information content (AvgIpc) is 2.80. The maximum atomic E-state index is 12.8. The molecule has 114 valence electrons. The van der Waals surface area contributed by atoms with Gasteiger partial charge in [0.05, 0.1) is 5.69 Å². The molecule has 9 heteroatoms. The lowest BCUT2D eigenvalue weighted by molar-refractivity contribution is -0.141. The van der Waals surface area contributed by atoms with Gasteiger partial charge in [0.1, 0.15) is 11.3 Å². The van der Waals surface area contributed by atoms with E-state index in [1.165, 1.54) is 6.26 Å². The number of aryl methyl sites for hydroxylation is 1. The van der Waals surface area contributed by atoms with Gasteiger partial charge < -0.3 is 9.73 Å². The van der Waals surface area contributed by atoms with E-state index in [4.69, 9.17) is 4.42 Å².